The average molecular weight is 255 g/mol. The molecule has 3 nitrogen and oxygen atoms in total. The van der Waals surface area contributed by atoms with Gasteiger partial charge < -0.3 is 5.43 Å². The van der Waals surface area contributed by atoms with E-state index < -0.39 is 0 Å². The highest BCUT2D eigenvalue weighted by atomic mass is 15.2. The first-order chi connectivity index (χ1) is 9.33. The van der Waals surface area contributed by atoms with Gasteiger partial charge in [0, 0.05) is 11.1 Å². The number of hydrogen-bond acceptors (Lipinski definition) is 3. The van der Waals surface area contributed by atoms with Crippen molar-refractivity contribution in [1.82, 2.24) is 4.98 Å². The Bertz CT molecular complexity index is 604. The van der Waals surface area contributed by atoms with Crippen LogP contribution in [0.4, 0.5) is 5.69 Å². The number of nitrogens with zero attached hydrogens (tertiary/aromatic N) is 1. The SMILES string of the molecule is CCCc1ccc2nc3c(c(NN)c2c1)CCCC3. The van der Waals surface area contributed by atoms with E-state index in [2.05, 4.69) is 30.5 Å². The lowest BCUT2D eigenvalue weighted by molar-refractivity contribution is 0.672. The van der Waals surface area contributed by atoms with Crippen LogP contribution < -0.4 is 11.3 Å². The summed E-state index contributed by atoms with van der Waals surface area (Å²) in [5, 5.41) is 1.18. The van der Waals surface area contributed by atoms with E-state index in [1.54, 1.807) is 0 Å². The van der Waals surface area contributed by atoms with E-state index in [-0.39, 0.29) is 0 Å². The molecule has 0 amide bonds. The van der Waals surface area contributed by atoms with Crippen molar-refractivity contribution < 1.29 is 0 Å². The first-order valence-electron chi connectivity index (χ1n) is 7.24. The highest BCUT2D eigenvalue weighted by Gasteiger charge is 2.17. The minimum Gasteiger partial charge on any atom is -0.323 e. The van der Waals surface area contributed by atoms with Crippen LogP contribution in [-0.4, -0.2) is 4.98 Å². The Kier molecular flexibility index (Phi) is 3.38. The van der Waals surface area contributed by atoms with Crippen LogP contribution in [0.2, 0.25) is 0 Å². The van der Waals surface area contributed by atoms with Crippen LogP contribution in [0.25, 0.3) is 10.9 Å². The Balaban J connectivity index is 2.22. The lowest BCUT2D eigenvalue weighted by atomic mass is 9.92. The summed E-state index contributed by atoms with van der Waals surface area (Å²) in [7, 11) is 0. The van der Waals surface area contributed by atoms with Gasteiger partial charge in [-0.3, -0.25) is 10.8 Å². The molecule has 0 unspecified atom stereocenters. The second-order valence-corrected chi connectivity index (χ2v) is 5.36. The number of fused-ring (bicyclic) bond motifs is 2. The third kappa shape index (κ3) is 2.19. The van der Waals surface area contributed by atoms with Crippen molar-refractivity contribution in [2.45, 2.75) is 45.4 Å². The van der Waals surface area contributed by atoms with E-state index in [9.17, 15) is 0 Å². The molecule has 0 fully saturated rings. The van der Waals surface area contributed by atoms with E-state index in [1.165, 1.54) is 35.0 Å². The molecular formula is C16H21N3. The molecule has 1 aliphatic rings. The van der Waals surface area contributed by atoms with Crippen LogP contribution in [0.1, 0.15) is 43.0 Å². The van der Waals surface area contributed by atoms with Crippen LogP contribution in [0, 0.1) is 0 Å². The van der Waals surface area contributed by atoms with Crippen molar-refractivity contribution in [2.75, 3.05) is 5.43 Å². The van der Waals surface area contributed by atoms with Crippen LogP contribution in [0.5, 0.6) is 0 Å². The van der Waals surface area contributed by atoms with Gasteiger partial charge in [0.1, 0.15) is 0 Å². The topological polar surface area (TPSA) is 50.9 Å². The second kappa shape index (κ2) is 5.17. The molecule has 1 aromatic heterocycles. The molecule has 1 heterocycles. The van der Waals surface area contributed by atoms with Gasteiger partial charge in [0.25, 0.3) is 0 Å². The molecule has 100 valence electrons. The van der Waals surface area contributed by atoms with E-state index in [1.807, 2.05) is 0 Å². The molecule has 1 aromatic carbocycles. The van der Waals surface area contributed by atoms with E-state index in [4.69, 9.17) is 10.8 Å². The molecule has 0 aliphatic heterocycles. The van der Waals surface area contributed by atoms with Crippen molar-refractivity contribution in [2.24, 2.45) is 5.84 Å². The summed E-state index contributed by atoms with van der Waals surface area (Å²) in [4.78, 5) is 4.83. The lowest BCUT2D eigenvalue weighted by Gasteiger charge is -2.20. The van der Waals surface area contributed by atoms with Crippen LogP contribution >= 0.6 is 0 Å². The Morgan fingerprint density at radius 2 is 2.11 bits per heavy atom. The Hall–Kier alpha value is -1.61. The Morgan fingerprint density at radius 1 is 1.26 bits per heavy atom. The predicted molar refractivity (Wildman–Crippen MR) is 80.2 cm³/mol. The van der Waals surface area contributed by atoms with E-state index >= 15 is 0 Å². The minimum atomic E-state index is 1.06. The summed E-state index contributed by atoms with van der Waals surface area (Å²) in [6.45, 7) is 2.21. The number of nitrogens with one attached hydrogen (secondary N) is 1. The number of hydrogen-bond donors (Lipinski definition) is 2. The highest BCUT2D eigenvalue weighted by Crippen LogP contribution is 2.33. The average Bonchev–Trinajstić information content (AvgIpc) is 2.45. The molecular weight excluding hydrogens is 234 g/mol. The highest BCUT2D eigenvalue weighted by molar-refractivity contribution is 5.93. The van der Waals surface area contributed by atoms with Crippen molar-refractivity contribution in [3.8, 4) is 0 Å². The summed E-state index contributed by atoms with van der Waals surface area (Å²) in [6, 6.07) is 6.57. The zero-order valence-corrected chi connectivity index (χ0v) is 11.5. The van der Waals surface area contributed by atoms with Gasteiger partial charge >= 0.3 is 0 Å². The first-order valence-corrected chi connectivity index (χ1v) is 7.24. The Labute approximate surface area is 114 Å². The van der Waals surface area contributed by atoms with Crippen molar-refractivity contribution >= 4 is 16.6 Å². The summed E-state index contributed by atoms with van der Waals surface area (Å²) in [5.41, 5.74) is 9.01. The maximum atomic E-state index is 5.79. The standard InChI is InChI=1S/C16H21N3/c1-2-5-11-8-9-15-13(10-11)16(19-17)12-6-3-4-7-14(12)18-15/h8-10H,2-7,17H2,1H3,(H,18,19). The fourth-order valence-electron chi connectivity index (χ4n) is 3.08. The maximum absolute atomic E-state index is 5.79. The van der Waals surface area contributed by atoms with Crippen molar-refractivity contribution in [3.05, 3.63) is 35.0 Å². The van der Waals surface area contributed by atoms with Gasteiger partial charge in [-0.2, -0.15) is 0 Å². The lowest BCUT2D eigenvalue weighted by Crippen LogP contribution is -2.15. The smallest absolute Gasteiger partial charge is 0.0726 e. The monoisotopic (exact) mass is 255 g/mol. The fourth-order valence-corrected chi connectivity index (χ4v) is 3.08. The molecule has 19 heavy (non-hydrogen) atoms. The minimum absolute atomic E-state index is 1.06. The summed E-state index contributed by atoms with van der Waals surface area (Å²) >= 11 is 0. The number of anilines is 1. The number of hydrazine groups is 1. The largest absolute Gasteiger partial charge is 0.323 e. The molecule has 0 atom stereocenters. The van der Waals surface area contributed by atoms with Crippen LogP contribution in [0.3, 0.4) is 0 Å². The molecule has 0 saturated heterocycles. The zero-order valence-electron chi connectivity index (χ0n) is 11.5. The molecule has 3 N–H and O–H groups in total. The maximum Gasteiger partial charge on any atom is 0.0726 e. The second-order valence-electron chi connectivity index (χ2n) is 5.36. The number of nitrogens with two attached hydrogens (primary N) is 1. The van der Waals surface area contributed by atoms with Crippen LogP contribution in [0.15, 0.2) is 18.2 Å². The van der Waals surface area contributed by atoms with Gasteiger partial charge in [0.15, 0.2) is 0 Å². The number of aromatic nitrogens is 1. The van der Waals surface area contributed by atoms with Gasteiger partial charge in [0.05, 0.1) is 11.2 Å². The first kappa shape index (κ1) is 12.4. The molecule has 3 rings (SSSR count). The van der Waals surface area contributed by atoms with Gasteiger partial charge in [-0.1, -0.05) is 19.4 Å². The third-order valence-corrected chi connectivity index (χ3v) is 4.01. The number of benzene rings is 1. The molecule has 1 aliphatic carbocycles. The summed E-state index contributed by atoms with van der Waals surface area (Å²) < 4.78 is 0. The van der Waals surface area contributed by atoms with Gasteiger partial charge in [-0.25, -0.2) is 0 Å². The summed E-state index contributed by atoms with van der Waals surface area (Å²) in [6.07, 6.45) is 6.92. The quantitative estimate of drug-likeness (QED) is 0.653. The van der Waals surface area contributed by atoms with Crippen molar-refractivity contribution in [1.29, 1.82) is 0 Å². The van der Waals surface area contributed by atoms with Gasteiger partial charge in [-0.15, -0.1) is 0 Å². The number of rotatable bonds is 3. The van der Waals surface area contributed by atoms with Gasteiger partial charge in [0.2, 0.25) is 0 Å². The molecule has 0 radical (unpaired) electrons. The number of nitrogen functional groups attached to an aromatic ring is 1. The number of pyridine rings is 1. The Morgan fingerprint density at radius 3 is 2.89 bits per heavy atom. The zero-order chi connectivity index (χ0) is 13.2. The van der Waals surface area contributed by atoms with E-state index in [0.717, 1.165) is 36.9 Å². The molecule has 0 spiro atoms. The molecule has 0 saturated carbocycles. The van der Waals surface area contributed by atoms with Crippen LogP contribution in [-0.2, 0) is 19.3 Å². The predicted octanol–water partition coefficient (Wildman–Crippen LogP) is 3.35. The molecule has 2 aromatic rings. The summed E-state index contributed by atoms with van der Waals surface area (Å²) in [5.74, 6) is 5.79. The normalized spacial score (nSPS) is 14.4. The molecule has 0 bridgehead atoms. The van der Waals surface area contributed by atoms with E-state index in [0.29, 0.717) is 0 Å². The van der Waals surface area contributed by atoms with Gasteiger partial charge in [-0.05, 0) is 55.4 Å². The third-order valence-electron chi connectivity index (χ3n) is 4.01. The van der Waals surface area contributed by atoms with Crippen molar-refractivity contribution in [3.63, 3.8) is 0 Å². The number of aryl methyl sites for hydroxylation is 2. The fraction of sp³-hybridized carbons (Fsp3) is 0.438. The molecule has 3 heteroatoms.